The van der Waals surface area contributed by atoms with Gasteiger partial charge in [-0.1, -0.05) is 12.8 Å². The van der Waals surface area contributed by atoms with Gasteiger partial charge in [-0.25, -0.2) is 15.0 Å². The Morgan fingerprint density at radius 3 is 3.00 bits per heavy atom. The van der Waals surface area contributed by atoms with Gasteiger partial charge in [0.1, 0.15) is 11.8 Å². The summed E-state index contributed by atoms with van der Waals surface area (Å²) in [5, 5.41) is 0. The second-order valence-electron chi connectivity index (χ2n) is 5.26. The van der Waals surface area contributed by atoms with Gasteiger partial charge in [0.15, 0.2) is 11.5 Å². The molecule has 2 aromatic heterocycles. The van der Waals surface area contributed by atoms with E-state index < -0.39 is 0 Å². The van der Waals surface area contributed by atoms with Crippen molar-refractivity contribution in [1.82, 2.24) is 19.9 Å². The van der Waals surface area contributed by atoms with E-state index in [-0.39, 0.29) is 0 Å². The second kappa shape index (κ2) is 5.13. The average Bonchev–Trinajstić information content (AvgIpc) is 2.94. The number of hydrogen-bond donors (Lipinski definition) is 2. The summed E-state index contributed by atoms with van der Waals surface area (Å²) in [4.78, 5) is 18.2. The van der Waals surface area contributed by atoms with Crippen molar-refractivity contribution >= 4 is 17.0 Å². The highest BCUT2D eigenvalue weighted by molar-refractivity contribution is 5.82. The molecule has 0 bridgehead atoms. The van der Waals surface area contributed by atoms with Gasteiger partial charge in [0, 0.05) is 13.1 Å². The van der Waals surface area contributed by atoms with E-state index in [9.17, 15) is 0 Å². The molecule has 0 spiro atoms. The van der Waals surface area contributed by atoms with Gasteiger partial charge in [-0.3, -0.25) is 0 Å². The summed E-state index contributed by atoms with van der Waals surface area (Å²) in [6.07, 6.45) is 8.19. The van der Waals surface area contributed by atoms with E-state index in [1.165, 1.54) is 25.7 Å². The average molecular weight is 260 g/mol. The molecule has 2 aromatic rings. The van der Waals surface area contributed by atoms with E-state index in [0.717, 1.165) is 23.5 Å². The lowest BCUT2D eigenvalue weighted by atomic mass is 9.83. The van der Waals surface area contributed by atoms with E-state index in [1.54, 1.807) is 12.7 Å². The largest absolute Gasteiger partial charge is 0.354 e. The number of hydrogen-bond acceptors (Lipinski definition) is 5. The molecule has 6 nitrogen and oxygen atoms in total. The number of nitrogens with zero attached hydrogens (tertiary/aromatic N) is 4. The van der Waals surface area contributed by atoms with Crippen molar-refractivity contribution < 1.29 is 0 Å². The first kappa shape index (κ1) is 12.3. The topological polar surface area (TPSA) is 83.7 Å². The summed E-state index contributed by atoms with van der Waals surface area (Å²) in [7, 11) is 2.10. The molecule has 1 saturated carbocycles. The van der Waals surface area contributed by atoms with Gasteiger partial charge < -0.3 is 15.6 Å². The molecule has 2 unspecified atom stereocenters. The smallest absolute Gasteiger partial charge is 0.182 e. The van der Waals surface area contributed by atoms with Gasteiger partial charge in [0.2, 0.25) is 0 Å². The van der Waals surface area contributed by atoms with Gasteiger partial charge in [-0.15, -0.1) is 0 Å². The highest BCUT2D eigenvalue weighted by Gasteiger charge is 2.29. The van der Waals surface area contributed by atoms with Crippen LogP contribution in [0.1, 0.15) is 25.7 Å². The fraction of sp³-hybridized carbons (Fsp3) is 0.615. The fourth-order valence-corrected chi connectivity index (χ4v) is 3.15. The molecule has 6 heteroatoms. The third kappa shape index (κ3) is 2.16. The maximum absolute atomic E-state index is 5.92. The summed E-state index contributed by atoms with van der Waals surface area (Å²) >= 11 is 0. The molecule has 0 amide bonds. The standard InChI is InChI=1S/C13H20N6/c1-19(10-5-3-2-4-9(10)6-14)13-11-12(16-7-15-11)17-8-18-13/h7-10H,2-6,14H2,1H3,(H,15,16,17,18). The molecule has 2 atom stereocenters. The molecular formula is C13H20N6. The molecule has 19 heavy (non-hydrogen) atoms. The molecule has 1 fully saturated rings. The van der Waals surface area contributed by atoms with Crippen LogP contribution >= 0.6 is 0 Å². The lowest BCUT2D eigenvalue weighted by Gasteiger charge is -2.38. The van der Waals surface area contributed by atoms with Crippen molar-refractivity contribution in [2.75, 3.05) is 18.5 Å². The first-order chi connectivity index (χ1) is 9.31. The molecule has 1 aliphatic carbocycles. The second-order valence-corrected chi connectivity index (χ2v) is 5.26. The van der Waals surface area contributed by atoms with Gasteiger partial charge in [-0.2, -0.15) is 0 Å². The highest BCUT2D eigenvalue weighted by Crippen LogP contribution is 2.31. The summed E-state index contributed by atoms with van der Waals surface area (Å²) < 4.78 is 0. The van der Waals surface area contributed by atoms with Crippen LogP contribution in [0.4, 0.5) is 5.82 Å². The van der Waals surface area contributed by atoms with Crippen LogP contribution in [0, 0.1) is 5.92 Å². The Morgan fingerprint density at radius 1 is 1.32 bits per heavy atom. The number of nitrogens with one attached hydrogen (secondary N) is 1. The van der Waals surface area contributed by atoms with Crippen LogP contribution < -0.4 is 10.6 Å². The molecule has 0 aromatic carbocycles. The Morgan fingerprint density at radius 2 is 2.16 bits per heavy atom. The van der Waals surface area contributed by atoms with E-state index in [0.29, 0.717) is 12.0 Å². The van der Waals surface area contributed by atoms with E-state index in [1.807, 2.05) is 0 Å². The van der Waals surface area contributed by atoms with Crippen LogP contribution in [0.15, 0.2) is 12.7 Å². The number of aromatic nitrogens is 4. The van der Waals surface area contributed by atoms with Crippen LogP contribution in [0.5, 0.6) is 0 Å². The third-order valence-electron chi connectivity index (χ3n) is 4.21. The summed E-state index contributed by atoms with van der Waals surface area (Å²) in [6, 6.07) is 0.458. The van der Waals surface area contributed by atoms with Crippen LogP contribution in [0.25, 0.3) is 11.2 Å². The number of fused-ring (bicyclic) bond motifs is 1. The summed E-state index contributed by atoms with van der Waals surface area (Å²) in [6.45, 7) is 0.742. The van der Waals surface area contributed by atoms with Gasteiger partial charge in [0.05, 0.1) is 6.33 Å². The number of rotatable bonds is 3. The Kier molecular flexibility index (Phi) is 3.33. The third-order valence-corrected chi connectivity index (χ3v) is 4.21. The SMILES string of the molecule is CN(c1ncnc2nc[nH]c12)C1CCCCC1CN. The number of H-pyrrole nitrogens is 1. The maximum Gasteiger partial charge on any atom is 0.182 e. The lowest BCUT2D eigenvalue weighted by molar-refractivity contribution is 0.306. The molecule has 2 heterocycles. The Bertz CT molecular complexity index is 551. The monoisotopic (exact) mass is 260 g/mol. The fourth-order valence-electron chi connectivity index (χ4n) is 3.15. The van der Waals surface area contributed by atoms with Crippen LogP contribution in [-0.2, 0) is 0 Å². The number of imidazole rings is 1. The van der Waals surface area contributed by atoms with Gasteiger partial charge >= 0.3 is 0 Å². The maximum atomic E-state index is 5.92. The minimum Gasteiger partial charge on any atom is -0.354 e. The van der Waals surface area contributed by atoms with Gasteiger partial charge in [0.25, 0.3) is 0 Å². The number of aromatic amines is 1. The van der Waals surface area contributed by atoms with Crippen LogP contribution in [0.2, 0.25) is 0 Å². The first-order valence-electron chi connectivity index (χ1n) is 6.88. The molecule has 1 aliphatic rings. The minimum absolute atomic E-state index is 0.458. The quantitative estimate of drug-likeness (QED) is 0.869. The van der Waals surface area contributed by atoms with E-state index in [4.69, 9.17) is 5.73 Å². The van der Waals surface area contributed by atoms with Crippen molar-refractivity contribution in [2.45, 2.75) is 31.7 Å². The Balaban J connectivity index is 1.94. The molecule has 0 aliphatic heterocycles. The molecular weight excluding hydrogens is 240 g/mol. The zero-order valence-corrected chi connectivity index (χ0v) is 11.2. The molecule has 3 N–H and O–H groups in total. The van der Waals surface area contributed by atoms with Crippen molar-refractivity contribution in [2.24, 2.45) is 11.7 Å². The lowest BCUT2D eigenvalue weighted by Crippen LogP contribution is -2.43. The molecule has 0 radical (unpaired) electrons. The number of nitrogens with two attached hydrogens (primary N) is 1. The minimum atomic E-state index is 0.458. The predicted molar refractivity (Wildman–Crippen MR) is 74.9 cm³/mol. The van der Waals surface area contributed by atoms with Crippen molar-refractivity contribution in [3.8, 4) is 0 Å². The van der Waals surface area contributed by atoms with Crippen molar-refractivity contribution in [1.29, 1.82) is 0 Å². The predicted octanol–water partition coefficient (Wildman–Crippen LogP) is 1.31. The Labute approximate surface area is 112 Å². The summed E-state index contributed by atoms with van der Waals surface area (Å²) in [5.74, 6) is 1.47. The van der Waals surface area contributed by atoms with Crippen molar-refractivity contribution in [3.05, 3.63) is 12.7 Å². The van der Waals surface area contributed by atoms with Gasteiger partial charge in [-0.05, 0) is 25.3 Å². The van der Waals surface area contributed by atoms with Crippen molar-refractivity contribution in [3.63, 3.8) is 0 Å². The van der Waals surface area contributed by atoms with E-state index >= 15 is 0 Å². The first-order valence-corrected chi connectivity index (χ1v) is 6.88. The molecule has 3 rings (SSSR count). The van der Waals surface area contributed by atoms with Crippen LogP contribution in [0.3, 0.4) is 0 Å². The number of anilines is 1. The zero-order valence-electron chi connectivity index (χ0n) is 11.2. The zero-order chi connectivity index (χ0) is 13.2. The van der Waals surface area contributed by atoms with Crippen LogP contribution in [-0.4, -0.2) is 39.6 Å². The summed E-state index contributed by atoms with van der Waals surface area (Å²) in [5.41, 5.74) is 7.55. The molecule has 0 saturated heterocycles. The normalized spacial score (nSPS) is 23.7. The molecule has 102 valence electrons. The Hall–Kier alpha value is -1.69. The van der Waals surface area contributed by atoms with E-state index in [2.05, 4.69) is 31.9 Å². The highest BCUT2D eigenvalue weighted by atomic mass is 15.2.